The van der Waals surface area contributed by atoms with Gasteiger partial charge in [0, 0.05) is 17.8 Å². The van der Waals surface area contributed by atoms with Crippen molar-refractivity contribution in [1.82, 2.24) is 5.32 Å². The zero-order chi connectivity index (χ0) is 14.3. The van der Waals surface area contributed by atoms with Gasteiger partial charge in [-0.25, -0.2) is 4.79 Å². The van der Waals surface area contributed by atoms with Crippen LogP contribution in [0.1, 0.15) is 26.7 Å². The van der Waals surface area contributed by atoms with Gasteiger partial charge in [0.2, 0.25) is 0 Å². The molecule has 5 heteroatoms. The van der Waals surface area contributed by atoms with Crippen LogP contribution in [0.3, 0.4) is 0 Å². The van der Waals surface area contributed by atoms with E-state index in [1.807, 2.05) is 13.8 Å². The van der Waals surface area contributed by atoms with Crippen molar-refractivity contribution in [2.75, 3.05) is 19.5 Å². The summed E-state index contributed by atoms with van der Waals surface area (Å²) in [7, 11) is 3.14. The monoisotopic (exact) mass is 266 g/mol. The molecule has 0 aromatic heterocycles. The van der Waals surface area contributed by atoms with Gasteiger partial charge in [-0.3, -0.25) is 0 Å². The summed E-state index contributed by atoms with van der Waals surface area (Å²) in [5.41, 5.74) is 0.668. The van der Waals surface area contributed by atoms with E-state index in [4.69, 9.17) is 9.47 Å². The Morgan fingerprint density at radius 1 is 1.16 bits per heavy atom. The number of carbonyl (C=O) groups is 1. The number of nitrogens with one attached hydrogen (secondary N) is 2. The van der Waals surface area contributed by atoms with Gasteiger partial charge in [0.05, 0.1) is 14.2 Å². The van der Waals surface area contributed by atoms with Crippen LogP contribution in [0.4, 0.5) is 10.5 Å². The maximum atomic E-state index is 11.8. The van der Waals surface area contributed by atoms with Gasteiger partial charge in [0.25, 0.3) is 0 Å². The molecule has 0 radical (unpaired) electrons. The normalized spacial score (nSPS) is 10.2. The van der Waals surface area contributed by atoms with Gasteiger partial charge in [-0.05, 0) is 25.0 Å². The van der Waals surface area contributed by atoms with E-state index >= 15 is 0 Å². The SMILES string of the molecule is CCC(CC)NC(=O)Nc1ccc(OC)c(OC)c1. The van der Waals surface area contributed by atoms with Crippen molar-refractivity contribution in [3.63, 3.8) is 0 Å². The summed E-state index contributed by atoms with van der Waals surface area (Å²) >= 11 is 0. The van der Waals surface area contributed by atoms with Gasteiger partial charge in [0.15, 0.2) is 11.5 Å². The molecular weight excluding hydrogens is 244 g/mol. The van der Waals surface area contributed by atoms with Gasteiger partial charge in [-0.1, -0.05) is 13.8 Å². The Bertz CT molecular complexity index is 417. The number of amides is 2. The van der Waals surface area contributed by atoms with E-state index in [0.717, 1.165) is 12.8 Å². The zero-order valence-corrected chi connectivity index (χ0v) is 11.9. The third-order valence-electron chi connectivity index (χ3n) is 2.96. The second kappa shape index (κ2) is 7.51. The van der Waals surface area contributed by atoms with Gasteiger partial charge < -0.3 is 20.1 Å². The highest BCUT2D eigenvalue weighted by Crippen LogP contribution is 2.29. The lowest BCUT2D eigenvalue weighted by Crippen LogP contribution is -2.37. The third-order valence-corrected chi connectivity index (χ3v) is 2.96. The van der Waals surface area contributed by atoms with Crippen LogP contribution in [0.5, 0.6) is 11.5 Å². The van der Waals surface area contributed by atoms with E-state index in [0.29, 0.717) is 17.2 Å². The van der Waals surface area contributed by atoms with Crippen molar-refractivity contribution >= 4 is 11.7 Å². The van der Waals surface area contributed by atoms with Crippen molar-refractivity contribution in [2.45, 2.75) is 32.7 Å². The number of carbonyl (C=O) groups excluding carboxylic acids is 1. The molecule has 2 N–H and O–H groups in total. The predicted octanol–water partition coefficient (Wildman–Crippen LogP) is 3.01. The highest BCUT2D eigenvalue weighted by molar-refractivity contribution is 5.89. The van der Waals surface area contributed by atoms with Crippen molar-refractivity contribution in [2.24, 2.45) is 0 Å². The predicted molar refractivity (Wildman–Crippen MR) is 76.1 cm³/mol. The number of hydrogen-bond acceptors (Lipinski definition) is 3. The molecule has 106 valence electrons. The molecule has 0 fully saturated rings. The Labute approximate surface area is 114 Å². The quantitative estimate of drug-likeness (QED) is 0.832. The highest BCUT2D eigenvalue weighted by Gasteiger charge is 2.10. The first-order valence-electron chi connectivity index (χ1n) is 6.44. The van der Waals surface area contributed by atoms with Crippen molar-refractivity contribution in [3.05, 3.63) is 18.2 Å². The number of rotatable bonds is 6. The summed E-state index contributed by atoms with van der Waals surface area (Å²) in [6.07, 6.45) is 1.83. The number of benzene rings is 1. The lowest BCUT2D eigenvalue weighted by molar-refractivity contribution is 0.247. The van der Waals surface area contributed by atoms with Crippen LogP contribution in [0.15, 0.2) is 18.2 Å². The fourth-order valence-electron chi connectivity index (χ4n) is 1.76. The summed E-state index contributed by atoms with van der Waals surface area (Å²) in [6, 6.07) is 5.24. The minimum Gasteiger partial charge on any atom is -0.493 e. The Morgan fingerprint density at radius 2 is 1.79 bits per heavy atom. The van der Waals surface area contributed by atoms with Crippen LogP contribution in [-0.4, -0.2) is 26.3 Å². The van der Waals surface area contributed by atoms with E-state index in [-0.39, 0.29) is 12.1 Å². The minimum absolute atomic E-state index is 0.195. The Morgan fingerprint density at radius 3 is 2.32 bits per heavy atom. The molecule has 5 nitrogen and oxygen atoms in total. The second-order valence-corrected chi connectivity index (χ2v) is 4.18. The summed E-state index contributed by atoms with van der Waals surface area (Å²) < 4.78 is 10.3. The molecule has 0 atom stereocenters. The molecule has 0 heterocycles. The van der Waals surface area contributed by atoms with Gasteiger partial charge in [-0.15, -0.1) is 0 Å². The average molecular weight is 266 g/mol. The lowest BCUT2D eigenvalue weighted by Gasteiger charge is -2.16. The highest BCUT2D eigenvalue weighted by atomic mass is 16.5. The molecule has 0 saturated carbocycles. The largest absolute Gasteiger partial charge is 0.493 e. The molecule has 0 saturated heterocycles. The molecule has 0 aliphatic heterocycles. The van der Waals surface area contributed by atoms with Gasteiger partial charge in [-0.2, -0.15) is 0 Å². The standard InChI is InChI=1S/C14H22N2O3/c1-5-10(6-2)15-14(17)16-11-7-8-12(18-3)13(9-11)19-4/h7-10H,5-6H2,1-4H3,(H2,15,16,17). The van der Waals surface area contributed by atoms with Crippen LogP contribution in [0, 0.1) is 0 Å². The molecule has 1 rings (SSSR count). The van der Waals surface area contributed by atoms with Crippen LogP contribution in [-0.2, 0) is 0 Å². The minimum atomic E-state index is -0.207. The van der Waals surface area contributed by atoms with E-state index in [1.165, 1.54) is 0 Å². The lowest BCUT2D eigenvalue weighted by atomic mass is 10.2. The Hall–Kier alpha value is -1.91. The average Bonchev–Trinajstić information content (AvgIpc) is 2.44. The van der Waals surface area contributed by atoms with Crippen LogP contribution < -0.4 is 20.1 Å². The second-order valence-electron chi connectivity index (χ2n) is 4.18. The Kier molecular flexibility index (Phi) is 5.99. The zero-order valence-electron chi connectivity index (χ0n) is 11.9. The number of ether oxygens (including phenoxy) is 2. The first-order valence-corrected chi connectivity index (χ1v) is 6.44. The number of methoxy groups -OCH3 is 2. The topological polar surface area (TPSA) is 59.6 Å². The number of anilines is 1. The number of urea groups is 1. The Balaban J connectivity index is 2.69. The molecule has 2 amide bonds. The van der Waals surface area contributed by atoms with E-state index < -0.39 is 0 Å². The molecule has 0 spiro atoms. The third kappa shape index (κ3) is 4.35. The summed E-state index contributed by atoms with van der Waals surface area (Å²) in [4.78, 5) is 11.8. The van der Waals surface area contributed by atoms with E-state index in [9.17, 15) is 4.79 Å². The molecule has 0 aliphatic rings. The first kappa shape index (κ1) is 15.1. The molecule has 0 bridgehead atoms. The smallest absolute Gasteiger partial charge is 0.319 e. The van der Waals surface area contributed by atoms with Crippen LogP contribution in [0.25, 0.3) is 0 Å². The van der Waals surface area contributed by atoms with Crippen LogP contribution in [0.2, 0.25) is 0 Å². The maximum Gasteiger partial charge on any atom is 0.319 e. The van der Waals surface area contributed by atoms with Crippen molar-refractivity contribution in [1.29, 1.82) is 0 Å². The maximum absolute atomic E-state index is 11.8. The molecule has 19 heavy (non-hydrogen) atoms. The fraction of sp³-hybridized carbons (Fsp3) is 0.500. The molecule has 0 aliphatic carbocycles. The summed E-state index contributed by atoms with van der Waals surface area (Å²) in [5.74, 6) is 1.22. The van der Waals surface area contributed by atoms with Crippen molar-refractivity contribution in [3.8, 4) is 11.5 Å². The van der Waals surface area contributed by atoms with Gasteiger partial charge >= 0.3 is 6.03 Å². The number of hydrogen-bond donors (Lipinski definition) is 2. The molecular formula is C14H22N2O3. The summed E-state index contributed by atoms with van der Waals surface area (Å²) in [6.45, 7) is 4.09. The van der Waals surface area contributed by atoms with E-state index in [1.54, 1.807) is 32.4 Å². The first-order chi connectivity index (χ1) is 9.14. The molecule has 0 unspecified atom stereocenters. The van der Waals surface area contributed by atoms with E-state index in [2.05, 4.69) is 10.6 Å². The van der Waals surface area contributed by atoms with Gasteiger partial charge in [0.1, 0.15) is 0 Å². The summed E-state index contributed by atoms with van der Waals surface area (Å²) in [5, 5.41) is 5.69. The fourth-order valence-corrected chi connectivity index (χ4v) is 1.76. The molecule has 1 aromatic carbocycles. The van der Waals surface area contributed by atoms with Crippen molar-refractivity contribution < 1.29 is 14.3 Å². The molecule has 1 aromatic rings. The van der Waals surface area contributed by atoms with Crippen LogP contribution >= 0.6 is 0 Å².